The summed E-state index contributed by atoms with van der Waals surface area (Å²) in [6.45, 7) is 4.22. The fourth-order valence-electron chi connectivity index (χ4n) is 2.71. The van der Waals surface area contributed by atoms with E-state index in [0.29, 0.717) is 11.5 Å². The zero-order valence-electron chi connectivity index (χ0n) is 12.2. The highest BCUT2D eigenvalue weighted by Gasteiger charge is 2.20. The van der Waals surface area contributed by atoms with Gasteiger partial charge in [0.25, 0.3) is 0 Å². The van der Waals surface area contributed by atoms with Gasteiger partial charge < -0.3 is 10.6 Å². The van der Waals surface area contributed by atoms with Crippen molar-refractivity contribution in [3.63, 3.8) is 0 Å². The van der Waals surface area contributed by atoms with Crippen molar-refractivity contribution in [1.82, 2.24) is 14.7 Å². The van der Waals surface area contributed by atoms with E-state index in [1.54, 1.807) is 10.7 Å². The number of halogens is 1. The molecule has 0 saturated carbocycles. The number of nitrogens with two attached hydrogens (primary N) is 1. The number of piperazine rings is 1. The molecular formula is C15H20FN5. The summed E-state index contributed by atoms with van der Waals surface area (Å²) in [7, 11) is 1.84. The maximum atomic E-state index is 13.8. The van der Waals surface area contributed by atoms with E-state index >= 15 is 0 Å². The van der Waals surface area contributed by atoms with E-state index in [0.717, 1.165) is 38.3 Å². The molecule has 112 valence electrons. The van der Waals surface area contributed by atoms with Crippen LogP contribution in [0.5, 0.6) is 0 Å². The molecule has 1 saturated heterocycles. The molecule has 0 atom stereocenters. The van der Waals surface area contributed by atoms with Crippen LogP contribution in [-0.2, 0) is 13.6 Å². The molecule has 1 fully saturated rings. The van der Waals surface area contributed by atoms with Crippen molar-refractivity contribution in [2.45, 2.75) is 6.54 Å². The van der Waals surface area contributed by atoms with Crippen LogP contribution in [0.1, 0.15) is 5.56 Å². The molecule has 5 nitrogen and oxygen atoms in total. The Balaban J connectivity index is 1.61. The lowest BCUT2D eigenvalue weighted by molar-refractivity contribution is 0.249. The largest absolute Gasteiger partial charge is 0.384 e. The van der Waals surface area contributed by atoms with Crippen LogP contribution in [0.2, 0.25) is 0 Å². The molecule has 2 N–H and O–H groups in total. The molecule has 6 heteroatoms. The first-order chi connectivity index (χ1) is 10.1. The molecule has 0 spiro atoms. The number of nitrogens with zero attached hydrogens (tertiary/aromatic N) is 4. The van der Waals surface area contributed by atoms with Crippen molar-refractivity contribution in [2.24, 2.45) is 7.05 Å². The highest BCUT2D eigenvalue weighted by molar-refractivity contribution is 5.48. The van der Waals surface area contributed by atoms with E-state index in [2.05, 4.69) is 14.9 Å². The Labute approximate surface area is 123 Å². The summed E-state index contributed by atoms with van der Waals surface area (Å²) >= 11 is 0. The molecule has 1 aromatic heterocycles. The van der Waals surface area contributed by atoms with Crippen molar-refractivity contribution in [3.8, 4) is 0 Å². The minimum atomic E-state index is -0.151. The minimum Gasteiger partial charge on any atom is -0.384 e. The summed E-state index contributed by atoms with van der Waals surface area (Å²) in [5, 5.41) is 4.16. The number of aryl methyl sites for hydroxylation is 1. The van der Waals surface area contributed by atoms with Gasteiger partial charge in [0.2, 0.25) is 0 Å². The maximum Gasteiger partial charge on any atom is 0.146 e. The number of nitrogen functional groups attached to an aromatic ring is 1. The molecule has 2 heterocycles. The highest BCUT2D eigenvalue weighted by atomic mass is 19.1. The van der Waals surface area contributed by atoms with Gasteiger partial charge in [-0.05, 0) is 12.1 Å². The average molecular weight is 289 g/mol. The predicted molar refractivity (Wildman–Crippen MR) is 81.5 cm³/mol. The first-order valence-electron chi connectivity index (χ1n) is 7.13. The summed E-state index contributed by atoms with van der Waals surface area (Å²) < 4.78 is 15.5. The van der Waals surface area contributed by atoms with E-state index in [1.165, 1.54) is 6.07 Å². The van der Waals surface area contributed by atoms with Crippen LogP contribution < -0.4 is 10.6 Å². The zero-order valence-corrected chi connectivity index (χ0v) is 12.2. The van der Waals surface area contributed by atoms with Gasteiger partial charge in [-0.15, -0.1) is 0 Å². The summed E-state index contributed by atoms with van der Waals surface area (Å²) in [5.41, 5.74) is 7.72. The molecular weight excluding hydrogens is 269 g/mol. The van der Waals surface area contributed by atoms with E-state index in [9.17, 15) is 4.39 Å². The minimum absolute atomic E-state index is 0.151. The van der Waals surface area contributed by atoms with Crippen molar-refractivity contribution < 1.29 is 4.39 Å². The molecule has 1 aromatic carbocycles. The van der Waals surface area contributed by atoms with E-state index in [1.807, 2.05) is 25.4 Å². The molecule has 1 aliphatic heterocycles. The van der Waals surface area contributed by atoms with Gasteiger partial charge in [-0.2, -0.15) is 5.10 Å². The van der Waals surface area contributed by atoms with Gasteiger partial charge >= 0.3 is 0 Å². The van der Waals surface area contributed by atoms with E-state index < -0.39 is 0 Å². The molecule has 3 rings (SSSR count). The molecule has 0 aliphatic carbocycles. The molecule has 0 amide bonds. The predicted octanol–water partition coefficient (Wildman–Crippen LogP) is 1.46. The van der Waals surface area contributed by atoms with Gasteiger partial charge in [-0.1, -0.05) is 12.1 Å². The van der Waals surface area contributed by atoms with Gasteiger partial charge in [0.1, 0.15) is 11.6 Å². The highest BCUT2D eigenvalue weighted by Crippen LogP contribution is 2.21. The summed E-state index contributed by atoms with van der Waals surface area (Å²) in [6, 6.07) is 6.95. The van der Waals surface area contributed by atoms with Gasteiger partial charge in [-0.3, -0.25) is 9.58 Å². The number of aromatic nitrogens is 2. The molecule has 21 heavy (non-hydrogen) atoms. The van der Waals surface area contributed by atoms with Gasteiger partial charge in [0.05, 0.1) is 11.9 Å². The van der Waals surface area contributed by atoms with Crippen LogP contribution >= 0.6 is 0 Å². The lowest BCUT2D eigenvalue weighted by Gasteiger charge is -2.36. The Morgan fingerprint density at radius 3 is 2.52 bits per heavy atom. The van der Waals surface area contributed by atoms with Crippen LogP contribution in [0.3, 0.4) is 0 Å². The second kappa shape index (κ2) is 5.73. The summed E-state index contributed by atoms with van der Waals surface area (Å²) in [5.74, 6) is 0.564. The standard InChI is InChI=1S/C15H20FN5/c1-19-15(17)12(10-18-19)11-20-6-8-21(9-7-20)14-5-3-2-4-13(14)16/h2-5,10H,6-9,11,17H2,1H3. The Kier molecular flexibility index (Phi) is 3.79. The molecule has 0 unspecified atom stereocenters. The first-order valence-corrected chi connectivity index (χ1v) is 7.13. The third-order valence-electron chi connectivity index (χ3n) is 4.02. The van der Waals surface area contributed by atoms with Crippen LogP contribution in [-0.4, -0.2) is 40.9 Å². The fourth-order valence-corrected chi connectivity index (χ4v) is 2.71. The smallest absolute Gasteiger partial charge is 0.146 e. The molecule has 2 aromatic rings. The number of para-hydroxylation sites is 1. The monoisotopic (exact) mass is 289 g/mol. The lowest BCUT2D eigenvalue weighted by atomic mass is 10.2. The number of anilines is 2. The topological polar surface area (TPSA) is 50.3 Å². The second-order valence-electron chi connectivity index (χ2n) is 5.39. The van der Waals surface area contributed by atoms with Crippen molar-refractivity contribution >= 4 is 11.5 Å². The quantitative estimate of drug-likeness (QED) is 0.929. The van der Waals surface area contributed by atoms with Crippen LogP contribution in [0.25, 0.3) is 0 Å². The van der Waals surface area contributed by atoms with Gasteiger partial charge in [0.15, 0.2) is 0 Å². The van der Waals surface area contributed by atoms with Crippen LogP contribution in [0.15, 0.2) is 30.5 Å². The van der Waals surface area contributed by atoms with Crippen molar-refractivity contribution in [1.29, 1.82) is 0 Å². The zero-order chi connectivity index (χ0) is 14.8. The Morgan fingerprint density at radius 2 is 1.90 bits per heavy atom. The normalized spacial score (nSPS) is 16.4. The van der Waals surface area contributed by atoms with Crippen molar-refractivity contribution in [2.75, 3.05) is 36.8 Å². The summed E-state index contributed by atoms with van der Waals surface area (Å²) in [4.78, 5) is 4.42. The van der Waals surface area contributed by atoms with Gasteiger partial charge in [0, 0.05) is 45.3 Å². The van der Waals surface area contributed by atoms with Crippen LogP contribution in [0, 0.1) is 5.82 Å². The SMILES string of the molecule is Cn1ncc(CN2CCN(c3ccccc3F)CC2)c1N. The molecule has 0 bridgehead atoms. The Morgan fingerprint density at radius 1 is 1.19 bits per heavy atom. The van der Waals surface area contributed by atoms with Crippen molar-refractivity contribution in [3.05, 3.63) is 41.8 Å². The van der Waals surface area contributed by atoms with Gasteiger partial charge in [-0.25, -0.2) is 4.39 Å². The lowest BCUT2D eigenvalue weighted by Crippen LogP contribution is -2.46. The fraction of sp³-hybridized carbons (Fsp3) is 0.400. The first kappa shape index (κ1) is 13.9. The van der Waals surface area contributed by atoms with Crippen LogP contribution in [0.4, 0.5) is 15.9 Å². The number of hydrogen-bond donors (Lipinski definition) is 1. The van der Waals surface area contributed by atoms with E-state index in [-0.39, 0.29) is 5.82 Å². The van der Waals surface area contributed by atoms with E-state index in [4.69, 9.17) is 5.73 Å². The number of hydrogen-bond acceptors (Lipinski definition) is 4. The second-order valence-corrected chi connectivity index (χ2v) is 5.39. The Hall–Kier alpha value is -2.08. The molecule has 1 aliphatic rings. The number of rotatable bonds is 3. The number of benzene rings is 1. The summed E-state index contributed by atoms with van der Waals surface area (Å²) in [6.07, 6.45) is 1.82. The maximum absolute atomic E-state index is 13.8. The third kappa shape index (κ3) is 2.85. The molecule has 0 radical (unpaired) electrons. The third-order valence-corrected chi connectivity index (χ3v) is 4.02. The Bertz CT molecular complexity index is 616. The average Bonchev–Trinajstić information content (AvgIpc) is 2.81.